The number of fused-ring (bicyclic) bond motifs is 1. The molecule has 3 atom stereocenters. The van der Waals surface area contributed by atoms with Crippen molar-refractivity contribution in [2.45, 2.75) is 43.4 Å². The molecule has 3 aliphatic rings. The number of aromatic nitrogens is 2. The Labute approximate surface area is 173 Å². The standard InChI is InChI=1S/C21H26FN5O3/c1-25-19-13(12-10-26(11-12)15-7-8-23-9-14(15)22)3-2-4-16(19)27(21(25)30)17-5-6-18(28)24-20(17)29/h2-4,12,14-15,17,23H,5-11H2,1H3,(H,24,28,29). The van der Waals surface area contributed by atoms with Crippen molar-refractivity contribution in [3.8, 4) is 0 Å². The fourth-order valence-corrected chi connectivity index (χ4v) is 5.23. The molecule has 2 aromatic rings. The molecule has 0 spiro atoms. The van der Waals surface area contributed by atoms with E-state index in [1.807, 2.05) is 18.2 Å². The normalized spacial score (nSPS) is 28.5. The minimum absolute atomic E-state index is 0.0430. The van der Waals surface area contributed by atoms with Crippen LogP contribution in [0.1, 0.15) is 36.8 Å². The number of para-hydroxylation sites is 1. The number of aryl methyl sites for hydroxylation is 1. The molecule has 0 radical (unpaired) electrons. The molecule has 3 aliphatic heterocycles. The molecule has 30 heavy (non-hydrogen) atoms. The summed E-state index contributed by atoms with van der Waals surface area (Å²) in [5, 5.41) is 5.43. The molecule has 5 rings (SSSR count). The molecule has 8 nitrogen and oxygen atoms in total. The maximum atomic E-state index is 14.3. The van der Waals surface area contributed by atoms with E-state index in [2.05, 4.69) is 15.5 Å². The average molecular weight is 415 g/mol. The molecule has 0 saturated carbocycles. The van der Waals surface area contributed by atoms with Gasteiger partial charge in [0.2, 0.25) is 11.8 Å². The van der Waals surface area contributed by atoms with E-state index in [0.29, 0.717) is 18.5 Å². The first-order valence-electron chi connectivity index (χ1n) is 10.6. The molecule has 0 bridgehead atoms. The Hall–Kier alpha value is -2.52. The lowest BCUT2D eigenvalue weighted by molar-refractivity contribution is -0.135. The number of rotatable bonds is 3. The van der Waals surface area contributed by atoms with Gasteiger partial charge in [-0.2, -0.15) is 0 Å². The molecule has 3 saturated heterocycles. The van der Waals surface area contributed by atoms with Crippen LogP contribution < -0.4 is 16.3 Å². The number of carbonyl (C=O) groups excluding carboxylic acids is 2. The largest absolute Gasteiger partial charge is 0.329 e. The highest BCUT2D eigenvalue weighted by atomic mass is 19.1. The molecule has 9 heteroatoms. The second kappa shape index (κ2) is 7.31. The third kappa shape index (κ3) is 2.99. The lowest BCUT2D eigenvalue weighted by atomic mass is 9.87. The van der Waals surface area contributed by atoms with E-state index < -0.39 is 18.1 Å². The van der Waals surface area contributed by atoms with E-state index in [1.165, 1.54) is 4.57 Å². The van der Waals surface area contributed by atoms with Crippen molar-refractivity contribution >= 4 is 22.8 Å². The molecular formula is C21H26FN5O3. The van der Waals surface area contributed by atoms with Crippen LogP contribution in [0, 0.1) is 0 Å². The van der Waals surface area contributed by atoms with Crippen LogP contribution >= 0.6 is 0 Å². The summed E-state index contributed by atoms with van der Waals surface area (Å²) in [6, 6.07) is 5.05. The molecule has 3 fully saturated rings. The highest BCUT2D eigenvalue weighted by molar-refractivity contribution is 6.00. The Morgan fingerprint density at radius 2 is 1.93 bits per heavy atom. The lowest BCUT2D eigenvalue weighted by Crippen LogP contribution is -2.58. The maximum Gasteiger partial charge on any atom is 0.329 e. The minimum Gasteiger partial charge on any atom is -0.314 e. The number of imidazole rings is 1. The van der Waals surface area contributed by atoms with Gasteiger partial charge in [-0.05, 0) is 31.0 Å². The molecule has 160 valence electrons. The molecule has 4 heterocycles. The zero-order chi connectivity index (χ0) is 21.0. The monoisotopic (exact) mass is 415 g/mol. The van der Waals surface area contributed by atoms with E-state index >= 15 is 0 Å². The number of likely N-dealkylation sites (tertiary alicyclic amines) is 1. The van der Waals surface area contributed by atoms with Gasteiger partial charge in [0.05, 0.1) is 11.0 Å². The Morgan fingerprint density at radius 3 is 2.67 bits per heavy atom. The van der Waals surface area contributed by atoms with Crippen molar-refractivity contribution in [3.05, 3.63) is 34.2 Å². The number of piperidine rings is 2. The predicted molar refractivity (Wildman–Crippen MR) is 109 cm³/mol. The zero-order valence-electron chi connectivity index (χ0n) is 16.9. The van der Waals surface area contributed by atoms with Gasteiger partial charge < -0.3 is 5.32 Å². The van der Waals surface area contributed by atoms with Gasteiger partial charge in [0, 0.05) is 45.1 Å². The Morgan fingerprint density at radius 1 is 1.13 bits per heavy atom. The fourth-order valence-electron chi connectivity index (χ4n) is 5.23. The van der Waals surface area contributed by atoms with Gasteiger partial charge in [-0.25, -0.2) is 9.18 Å². The summed E-state index contributed by atoms with van der Waals surface area (Å²) >= 11 is 0. The van der Waals surface area contributed by atoms with Crippen molar-refractivity contribution in [3.63, 3.8) is 0 Å². The fraction of sp³-hybridized carbons (Fsp3) is 0.571. The number of nitrogens with zero attached hydrogens (tertiary/aromatic N) is 3. The minimum atomic E-state index is -0.853. The number of amides is 2. The molecular weight excluding hydrogens is 389 g/mol. The SMILES string of the molecule is Cn1c(=O)n(C2CCC(=O)NC2=O)c2cccc(C3CN(C4CCNCC4F)C3)c21. The summed E-state index contributed by atoms with van der Waals surface area (Å²) in [5.74, 6) is -0.510. The maximum absolute atomic E-state index is 14.3. The number of hydrogen-bond acceptors (Lipinski definition) is 5. The van der Waals surface area contributed by atoms with E-state index in [1.54, 1.807) is 11.6 Å². The van der Waals surface area contributed by atoms with Crippen molar-refractivity contribution in [1.29, 1.82) is 0 Å². The van der Waals surface area contributed by atoms with Crippen molar-refractivity contribution in [2.24, 2.45) is 7.05 Å². The number of carbonyl (C=O) groups is 2. The highest BCUT2D eigenvalue weighted by Gasteiger charge is 2.39. The molecule has 1 aromatic heterocycles. The molecule has 1 aromatic carbocycles. The third-order valence-corrected chi connectivity index (χ3v) is 6.85. The quantitative estimate of drug-likeness (QED) is 0.710. The van der Waals surface area contributed by atoms with Crippen LogP contribution in [-0.4, -0.2) is 64.2 Å². The summed E-state index contributed by atoms with van der Waals surface area (Å²) in [7, 11) is 1.72. The second-order valence-corrected chi connectivity index (χ2v) is 8.62. The number of hydrogen-bond donors (Lipinski definition) is 2. The molecule has 2 amide bonds. The first-order valence-corrected chi connectivity index (χ1v) is 10.6. The molecule has 2 N–H and O–H groups in total. The first-order chi connectivity index (χ1) is 14.5. The van der Waals surface area contributed by atoms with E-state index in [-0.39, 0.29) is 30.0 Å². The lowest BCUT2D eigenvalue weighted by Gasteiger charge is -2.47. The second-order valence-electron chi connectivity index (χ2n) is 8.62. The number of alkyl halides is 1. The number of nitrogens with one attached hydrogen (secondary N) is 2. The Balaban J connectivity index is 1.46. The van der Waals surface area contributed by atoms with Crippen LogP contribution in [0.3, 0.4) is 0 Å². The van der Waals surface area contributed by atoms with Crippen LogP contribution in [0.4, 0.5) is 4.39 Å². The number of benzene rings is 1. The van der Waals surface area contributed by atoms with Gasteiger partial charge in [0.1, 0.15) is 12.2 Å². The first kappa shape index (κ1) is 19.4. The van der Waals surface area contributed by atoms with Gasteiger partial charge in [0.25, 0.3) is 0 Å². The summed E-state index contributed by atoms with van der Waals surface area (Å²) in [5.41, 5.74) is 2.32. The van der Waals surface area contributed by atoms with Crippen LogP contribution in [-0.2, 0) is 16.6 Å². The third-order valence-electron chi connectivity index (χ3n) is 6.85. The zero-order valence-corrected chi connectivity index (χ0v) is 16.9. The van der Waals surface area contributed by atoms with Gasteiger partial charge in [-0.1, -0.05) is 12.1 Å². The average Bonchev–Trinajstić information content (AvgIpc) is 2.94. The van der Waals surface area contributed by atoms with E-state index in [9.17, 15) is 18.8 Å². The smallest absolute Gasteiger partial charge is 0.314 e. The van der Waals surface area contributed by atoms with Crippen LogP contribution in [0.2, 0.25) is 0 Å². The van der Waals surface area contributed by atoms with Crippen molar-refractivity contribution < 1.29 is 14.0 Å². The topological polar surface area (TPSA) is 88.4 Å². The summed E-state index contributed by atoms with van der Waals surface area (Å²) in [6.45, 7) is 2.78. The number of halogens is 1. The number of imide groups is 1. The Bertz CT molecular complexity index is 1070. The van der Waals surface area contributed by atoms with Gasteiger partial charge in [0.15, 0.2) is 0 Å². The summed E-state index contributed by atoms with van der Waals surface area (Å²) in [6.07, 6.45) is 0.492. The summed E-state index contributed by atoms with van der Waals surface area (Å²) in [4.78, 5) is 39.2. The van der Waals surface area contributed by atoms with Crippen molar-refractivity contribution in [1.82, 2.24) is 24.7 Å². The Kier molecular flexibility index (Phi) is 4.74. The molecule has 0 aliphatic carbocycles. The predicted octanol–water partition coefficient (Wildman–Crippen LogP) is 0.417. The van der Waals surface area contributed by atoms with E-state index in [0.717, 1.165) is 37.1 Å². The summed E-state index contributed by atoms with van der Waals surface area (Å²) < 4.78 is 17.4. The van der Waals surface area contributed by atoms with Crippen LogP contribution in [0.5, 0.6) is 0 Å². The molecule has 3 unspecified atom stereocenters. The van der Waals surface area contributed by atoms with Crippen LogP contribution in [0.15, 0.2) is 23.0 Å². The van der Waals surface area contributed by atoms with Crippen molar-refractivity contribution in [2.75, 3.05) is 26.2 Å². The van der Waals surface area contributed by atoms with Gasteiger partial charge in [-0.3, -0.25) is 28.9 Å². The van der Waals surface area contributed by atoms with E-state index in [4.69, 9.17) is 0 Å². The van der Waals surface area contributed by atoms with Crippen LogP contribution in [0.25, 0.3) is 11.0 Å². The van der Waals surface area contributed by atoms with Gasteiger partial charge in [-0.15, -0.1) is 0 Å². The van der Waals surface area contributed by atoms with Gasteiger partial charge >= 0.3 is 5.69 Å². The highest BCUT2D eigenvalue weighted by Crippen LogP contribution is 2.36.